The molecule has 0 heterocycles. The highest BCUT2D eigenvalue weighted by molar-refractivity contribution is 5.98. The summed E-state index contributed by atoms with van der Waals surface area (Å²) < 4.78 is 15.6. The number of nitro benzene ring substituents is 1. The monoisotopic (exact) mass is 410 g/mol. The van der Waals surface area contributed by atoms with Crippen LogP contribution in [-0.2, 0) is 9.53 Å². The Morgan fingerprint density at radius 3 is 2.53 bits per heavy atom. The summed E-state index contributed by atoms with van der Waals surface area (Å²) in [6.45, 7) is 3.75. The maximum absolute atomic E-state index is 12.4. The highest BCUT2D eigenvalue weighted by Crippen LogP contribution is 2.30. The lowest BCUT2D eigenvalue weighted by Crippen LogP contribution is -2.10. The molecule has 0 aliphatic heterocycles. The summed E-state index contributed by atoms with van der Waals surface area (Å²) in [6, 6.07) is 11.4. The van der Waals surface area contributed by atoms with Crippen molar-refractivity contribution in [3.8, 4) is 17.6 Å². The lowest BCUT2D eigenvalue weighted by Gasteiger charge is -2.11. The fourth-order valence-corrected chi connectivity index (χ4v) is 2.38. The standard InChI is InChI=1S/C21H18N2O7/c1-3-28-19-11-14(10-16(13-22)20(24)29-4-2)8-9-18(19)30-21(25)15-6-5-7-17(12-15)23(26)27/h5-12H,3-4H2,1-2H3. The third-order valence-corrected chi connectivity index (χ3v) is 3.69. The van der Waals surface area contributed by atoms with Crippen molar-refractivity contribution in [2.75, 3.05) is 13.2 Å². The smallest absolute Gasteiger partial charge is 0.348 e. The topological polar surface area (TPSA) is 129 Å². The second-order valence-electron chi connectivity index (χ2n) is 5.73. The first-order valence-electron chi connectivity index (χ1n) is 8.92. The van der Waals surface area contributed by atoms with Gasteiger partial charge in [-0.05, 0) is 43.7 Å². The molecule has 0 bridgehead atoms. The quantitative estimate of drug-likeness (QED) is 0.161. The molecule has 154 valence electrons. The van der Waals surface area contributed by atoms with Crippen LogP contribution in [-0.4, -0.2) is 30.1 Å². The van der Waals surface area contributed by atoms with Gasteiger partial charge in [0, 0.05) is 12.1 Å². The number of ether oxygens (including phenoxy) is 3. The molecular weight excluding hydrogens is 392 g/mol. The van der Waals surface area contributed by atoms with Gasteiger partial charge in [0.05, 0.1) is 23.7 Å². The van der Waals surface area contributed by atoms with Gasteiger partial charge in [-0.2, -0.15) is 5.26 Å². The summed E-state index contributed by atoms with van der Waals surface area (Å²) in [7, 11) is 0. The fourth-order valence-electron chi connectivity index (χ4n) is 2.38. The van der Waals surface area contributed by atoms with Crippen molar-refractivity contribution in [3.63, 3.8) is 0 Å². The van der Waals surface area contributed by atoms with Gasteiger partial charge in [0.25, 0.3) is 5.69 Å². The molecular formula is C21H18N2O7. The van der Waals surface area contributed by atoms with Crippen LogP contribution in [0.5, 0.6) is 11.5 Å². The Morgan fingerprint density at radius 1 is 1.13 bits per heavy atom. The number of non-ortho nitro benzene ring substituents is 1. The van der Waals surface area contributed by atoms with Crippen molar-refractivity contribution in [3.05, 3.63) is 69.3 Å². The second-order valence-corrected chi connectivity index (χ2v) is 5.73. The molecule has 9 nitrogen and oxygen atoms in total. The molecule has 0 atom stereocenters. The largest absolute Gasteiger partial charge is 0.490 e. The first kappa shape index (κ1) is 22.1. The molecule has 0 saturated heterocycles. The number of hydrogen-bond acceptors (Lipinski definition) is 8. The molecule has 0 aliphatic rings. The highest BCUT2D eigenvalue weighted by Gasteiger charge is 2.17. The van der Waals surface area contributed by atoms with Crippen LogP contribution in [0.2, 0.25) is 0 Å². The Labute approximate surface area is 172 Å². The zero-order valence-electron chi connectivity index (χ0n) is 16.3. The molecule has 2 rings (SSSR count). The Morgan fingerprint density at radius 2 is 1.90 bits per heavy atom. The number of carbonyl (C=O) groups is 2. The zero-order valence-corrected chi connectivity index (χ0v) is 16.3. The third-order valence-electron chi connectivity index (χ3n) is 3.69. The lowest BCUT2D eigenvalue weighted by molar-refractivity contribution is -0.384. The summed E-state index contributed by atoms with van der Waals surface area (Å²) in [5.74, 6) is -1.27. The normalized spacial score (nSPS) is 10.6. The van der Waals surface area contributed by atoms with Crippen LogP contribution < -0.4 is 9.47 Å². The summed E-state index contributed by atoms with van der Waals surface area (Å²) in [5.41, 5.74) is 0.0292. The van der Waals surface area contributed by atoms with E-state index in [1.165, 1.54) is 42.5 Å². The first-order valence-corrected chi connectivity index (χ1v) is 8.92. The van der Waals surface area contributed by atoms with Crippen LogP contribution >= 0.6 is 0 Å². The number of rotatable bonds is 8. The molecule has 0 N–H and O–H groups in total. The molecule has 0 unspecified atom stereocenters. The van der Waals surface area contributed by atoms with E-state index in [0.717, 1.165) is 6.07 Å². The molecule has 2 aromatic rings. The number of hydrogen-bond donors (Lipinski definition) is 0. The summed E-state index contributed by atoms with van der Waals surface area (Å²) in [6.07, 6.45) is 1.33. The van der Waals surface area contributed by atoms with Gasteiger partial charge in [-0.25, -0.2) is 9.59 Å². The van der Waals surface area contributed by atoms with Crippen LogP contribution in [0.3, 0.4) is 0 Å². The minimum atomic E-state index is -0.799. The van der Waals surface area contributed by atoms with Crippen LogP contribution in [0.25, 0.3) is 6.08 Å². The molecule has 2 aromatic carbocycles. The third kappa shape index (κ3) is 5.65. The minimum absolute atomic E-state index is 0.00435. The van der Waals surface area contributed by atoms with Crippen LogP contribution in [0.4, 0.5) is 5.69 Å². The first-order chi connectivity index (χ1) is 14.4. The van der Waals surface area contributed by atoms with Crippen LogP contribution in [0.15, 0.2) is 48.0 Å². The van der Waals surface area contributed by atoms with E-state index in [0.29, 0.717) is 5.56 Å². The van der Waals surface area contributed by atoms with Gasteiger partial charge in [0.2, 0.25) is 0 Å². The maximum Gasteiger partial charge on any atom is 0.348 e. The molecule has 0 radical (unpaired) electrons. The molecule has 0 fully saturated rings. The molecule has 9 heteroatoms. The average Bonchev–Trinajstić information content (AvgIpc) is 2.74. The van der Waals surface area contributed by atoms with Gasteiger partial charge in [0.15, 0.2) is 11.5 Å². The van der Waals surface area contributed by atoms with E-state index in [1.807, 2.05) is 0 Å². The molecule has 30 heavy (non-hydrogen) atoms. The van der Waals surface area contributed by atoms with E-state index in [1.54, 1.807) is 19.9 Å². The van der Waals surface area contributed by atoms with Crippen molar-refractivity contribution in [1.82, 2.24) is 0 Å². The van der Waals surface area contributed by atoms with Crippen molar-refractivity contribution >= 4 is 23.7 Å². The minimum Gasteiger partial charge on any atom is -0.490 e. The predicted molar refractivity (Wildman–Crippen MR) is 106 cm³/mol. The van der Waals surface area contributed by atoms with Gasteiger partial charge in [-0.1, -0.05) is 12.1 Å². The van der Waals surface area contributed by atoms with E-state index < -0.39 is 16.9 Å². The molecule has 0 spiro atoms. The van der Waals surface area contributed by atoms with Crippen LogP contribution in [0, 0.1) is 21.4 Å². The van der Waals surface area contributed by atoms with Gasteiger partial charge >= 0.3 is 11.9 Å². The molecule has 0 saturated carbocycles. The molecule has 0 aliphatic carbocycles. The Balaban J connectivity index is 2.32. The van der Waals surface area contributed by atoms with Gasteiger partial charge in [0.1, 0.15) is 11.6 Å². The van der Waals surface area contributed by atoms with Crippen molar-refractivity contribution < 1.29 is 28.7 Å². The number of nitrogens with zero attached hydrogens (tertiary/aromatic N) is 2. The fraction of sp³-hybridized carbons (Fsp3) is 0.190. The van der Waals surface area contributed by atoms with Crippen LogP contribution in [0.1, 0.15) is 29.8 Å². The Hall–Kier alpha value is -4.19. The average molecular weight is 410 g/mol. The van der Waals surface area contributed by atoms with Gasteiger partial charge < -0.3 is 14.2 Å². The van der Waals surface area contributed by atoms with E-state index in [2.05, 4.69) is 0 Å². The summed E-state index contributed by atoms with van der Waals surface area (Å²) >= 11 is 0. The van der Waals surface area contributed by atoms with Crippen molar-refractivity contribution in [2.24, 2.45) is 0 Å². The van der Waals surface area contributed by atoms with E-state index in [-0.39, 0.29) is 41.5 Å². The highest BCUT2D eigenvalue weighted by atomic mass is 16.6. The Bertz CT molecular complexity index is 1040. The van der Waals surface area contributed by atoms with Crippen molar-refractivity contribution in [2.45, 2.75) is 13.8 Å². The zero-order chi connectivity index (χ0) is 22.1. The molecule has 0 aromatic heterocycles. The van der Waals surface area contributed by atoms with E-state index in [9.17, 15) is 19.7 Å². The maximum atomic E-state index is 12.4. The van der Waals surface area contributed by atoms with E-state index >= 15 is 0 Å². The number of esters is 2. The predicted octanol–water partition coefficient (Wildman–Crippen LogP) is 3.68. The lowest BCUT2D eigenvalue weighted by atomic mass is 10.1. The van der Waals surface area contributed by atoms with Crippen molar-refractivity contribution in [1.29, 1.82) is 5.26 Å². The van der Waals surface area contributed by atoms with Gasteiger partial charge in [-0.15, -0.1) is 0 Å². The SMILES string of the molecule is CCOC(=O)C(C#N)=Cc1ccc(OC(=O)c2cccc([N+](=O)[O-])c2)c(OCC)c1. The number of nitro groups is 1. The van der Waals surface area contributed by atoms with Gasteiger partial charge in [-0.3, -0.25) is 10.1 Å². The summed E-state index contributed by atoms with van der Waals surface area (Å²) in [5, 5.41) is 20.0. The number of carbonyl (C=O) groups excluding carboxylic acids is 2. The Kier molecular flexibility index (Phi) is 7.65. The number of benzene rings is 2. The van der Waals surface area contributed by atoms with E-state index in [4.69, 9.17) is 19.5 Å². The second kappa shape index (κ2) is 10.4. The summed E-state index contributed by atoms with van der Waals surface area (Å²) in [4.78, 5) is 34.4. The number of nitriles is 1. The molecule has 0 amide bonds.